The number of carbonyl (C=O) groups is 1. The molecule has 3 aromatic rings. The van der Waals surface area contributed by atoms with Crippen LogP contribution in [0.3, 0.4) is 0 Å². The van der Waals surface area contributed by atoms with E-state index in [1.807, 2.05) is 50.2 Å². The van der Waals surface area contributed by atoms with Gasteiger partial charge in [-0.1, -0.05) is 49.0 Å². The van der Waals surface area contributed by atoms with E-state index >= 15 is 0 Å². The lowest BCUT2D eigenvalue weighted by molar-refractivity contribution is 0.0977. The van der Waals surface area contributed by atoms with Crippen molar-refractivity contribution < 1.29 is 4.79 Å². The molecule has 0 bridgehead atoms. The lowest BCUT2D eigenvalue weighted by Gasteiger charge is -2.13. The Kier molecular flexibility index (Phi) is 5.30. The molecule has 2 aromatic carbocycles. The van der Waals surface area contributed by atoms with Gasteiger partial charge in [0, 0.05) is 5.56 Å². The number of nitrogens with zero attached hydrogens (tertiary/aromatic N) is 3. The first kappa shape index (κ1) is 17.4. The fourth-order valence-corrected chi connectivity index (χ4v) is 3.18. The molecule has 0 aliphatic carbocycles. The Balaban J connectivity index is 1.71. The predicted octanol–water partition coefficient (Wildman–Crippen LogP) is 3.11. The molecule has 0 radical (unpaired) electrons. The molecule has 0 spiro atoms. The average Bonchev–Trinajstić information content (AvgIpc) is 2.95. The van der Waals surface area contributed by atoms with Crippen molar-refractivity contribution in [3.05, 3.63) is 53.9 Å². The van der Waals surface area contributed by atoms with Gasteiger partial charge >= 0.3 is 0 Å². The van der Waals surface area contributed by atoms with E-state index in [0.29, 0.717) is 16.5 Å². The van der Waals surface area contributed by atoms with Gasteiger partial charge in [-0.05, 0) is 47.8 Å². The third kappa shape index (κ3) is 3.97. The molecule has 6 nitrogen and oxygen atoms in total. The summed E-state index contributed by atoms with van der Waals surface area (Å²) in [7, 11) is 0. The van der Waals surface area contributed by atoms with Gasteiger partial charge in [-0.15, -0.1) is 10.2 Å². The molecule has 0 aliphatic rings. The molecule has 0 fully saturated rings. The molecule has 0 aliphatic heterocycles. The number of thioether (sulfide) groups is 1. The number of rotatable bonds is 4. The summed E-state index contributed by atoms with van der Waals surface area (Å²) in [6.07, 6.45) is 0. The second-order valence-electron chi connectivity index (χ2n) is 5.26. The van der Waals surface area contributed by atoms with Crippen molar-refractivity contribution >= 4 is 45.8 Å². The van der Waals surface area contributed by atoms with E-state index < -0.39 is 0 Å². The van der Waals surface area contributed by atoms with E-state index in [4.69, 9.17) is 12.2 Å². The maximum Gasteiger partial charge on any atom is 0.257 e. The van der Waals surface area contributed by atoms with Crippen LogP contribution in [0.1, 0.15) is 23.1 Å². The monoisotopic (exact) mass is 371 g/mol. The number of hydrogen-bond donors (Lipinski definition) is 2. The highest BCUT2D eigenvalue weighted by Crippen LogP contribution is 2.16. The van der Waals surface area contributed by atoms with Gasteiger partial charge in [-0.25, -0.2) is 4.68 Å². The number of thiocarbonyl (C=S) groups is 1. The number of fused-ring (bicyclic) bond motifs is 1. The smallest absolute Gasteiger partial charge is 0.257 e. The maximum atomic E-state index is 12.4. The molecular weight excluding hydrogens is 354 g/mol. The predicted molar refractivity (Wildman–Crippen MR) is 105 cm³/mol. The summed E-state index contributed by atoms with van der Waals surface area (Å²) in [6, 6.07) is 13.4. The van der Waals surface area contributed by atoms with E-state index in [9.17, 15) is 4.79 Å². The van der Waals surface area contributed by atoms with Crippen LogP contribution in [0.15, 0.2) is 47.6 Å². The SMILES string of the molecule is CCSc1nnc(C)n1NC(=S)NC(=O)c1ccc2ccccc2c1. The molecule has 1 amide bonds. The summed E-state index contributed by atoms with van der Waals surface area (Å²) in [4.78, 5) is 12.4. The molecule has 0 unspecified atom stereocenters. The van der Waals surface area contributed by atoms with E-state index in [2.05, 4.69) is 20.9 Å². The van der Waals surface area contributed by atoms with Crippen LogP contribution in [0.2, 0.25) is 0 Å². The molecular formula is C17H17N5OS2. The van der Waals surface area contributed by atoms with Gasteiger partial charge in [0.1, 0.15) is 5.82 Å². The van der Waals surface area contributed by atoms with Crippen molar-refractivity contribution in [1.29, 1.82) is 0 Å². The van der Waals surface area contributed by atoms with Crippen LogP contribution in [-0.2, 0) is 0 Å². The molecule has 1 heterocycles. The van der Waals surface area contributed by atoms with Crippen LogP contribution in [0, 0.1) is 6.92 Å². The average molecular weight is 371 g/mol. The molecule has 2 N–H and O–H groups in total. The Morgan fingerprint density at radius 3 is 2.72 bits per heavy atom. The standard InChI is InChI=1S/C17H17N5OS2/c1-3-25-17-20-19-11(2)22(17)21-16(24)18-15(23)14-9-8-12-6-4-5-7-13(12)10-14/h4-10H,3H2,1-2H3,(H2,18,21,23,24). The summed E-state index contributed by atoms with van der Waals surface area (Å²) in [5, 5.41) is 13.8. The number of hydrogen-bond acceptors (Lipinski definition) is 5. The topological polar surface area (TPSA) is 71.8 Å². The van der Waals surface area contributed by atoms with Gasteiger partial charge in [0.05, 0.1) is 0 Å². The summed E-state index contributed by atoms with van der Waals surface area (Å²) < 4.78 is 1.66. The number of carbonyl (C=O) groups excluding carboxylic acids is 1. The van der Waals surface area contributed by atoms with Crippen molar-refractivity contribution in [3.63, 3.8) is 0 Å². The van der Waals surface area contributed by atoms with Crippen molar-refractivity contribution in [3.8, 4) is 0 Å². The second kappa shape index (κ2) is 7.62. The second-order valence-corrected chi connectivity index (χ2v) is 6.89. The van der Waals surface area contributed by atoms with Crippen molar-refractivity contribution in [1.82, 2.24) is 20.2 Å². The molecule has 3 rings (SSSR count). The van der Waals surface area contributed by atoms with Gasteiger partial charge in [-0.3, -0.25) is 15.5 Å². The highest BCUT2D eigenvalue weighted by atomic mass is 32.2. The molecule has 0 saturated carbocycles. The van der Waals surface area contributed by atoms with E-state index in [1.165, 1.54) is 11.8 Å². The lowest BCUT2D eigenvalue weighted by atomic mass is 10.1. The Hall–Kier alpha value is -2.45. The quantitative estimate of drug-likeness (QED) is 0.542. The summed E-state index contributed by atoms with van der Waals surface area (Å²) in [5.74, 6) is 1.26. The lowest BCUT2D eigenvalue weighted by Crippen LogP contribution is -2.38. The summed E-state index contributed by atoms with van der Waals surface area (Å²) >= 11 is 6.78. The number of nitrogens with one attached hydrogen (secondary N) is 2. The Bertz CT molecular complexity index is 938. The van der Waals surface area contributed by atoms with Crippen molar-refractivity contribution in [2.75, 3.05) is 11.2 Å². The third-order valence-electron chi connectivity index (χ3n) is 3.52. The minimum Gasteiger partial charge on any atom is -0.298 e. The molecule has 128 valence electrons. The van der Waals surface area contributed by atoms with Crippen LogP contribution >= 0.6 is 24.0 Å². The zero-order valence-corrected chi connectivity index (χ0v) is 15.4. The maximum absolute atomic E-state index is 12.4. The fraction of sp³-hybridized carbons (Fsp3) is 0.176. The number of amides is 1. The van der Waals surface area contributed by atoms with Crippen molar-refractivity contribution in [2.24, 2.45) is 0 Å². The van der Waals surface area contributed by atoms with Crippen LogP contribution in [0.5, 0.6) is 0 Å². The Labute approximate surface area is 155 Å². The Morgan fingerprint density at radius 1 is 1.20 bits per heavy atom. The van der Waals surface area contributed by atoms with Gasteiger partial charge in [0.25, 0.3) is 5.91 Å². The van der Waals surface area contributed by atoms with Gasteiger partial charge in [0.15, 0.2) is 5.11 Å². The molecule has 0 saturated heterocycles. The Morgan fingerprint density at radius 2 is 1.96 bits per heavy atom. The highest BCUT2D eigenvalue weighted by Gasteiger charge is 2.12. The van der Waals surface area contributed by atoms with Crippen LogP contribution in [0.25, 0.3) is 10.8 Å². The normalized spacial score (nSPS) is 10.6. The van der Waals surface area contributed by atoms with Crippen LogP contribution < -0.4 is 10.7 Å². The van der Waals surface area contributed by atoms with Crippen LogP contribution in [0.4, 0.5) is 0 Å². The van der Waals surface area contributed by atoms with Gasteiger partial charge in [-0.2, -0.15) is 0 Å². The number of aryl methyl sites for hydroxylation is 1. The van der Waals surface area contributed by atoms with Gasteiger partial charge in [0.2, 0.25) is 5.16 Å². The zero-order chi connectivity index (χ0) is 17.8. The van der Waals surface area contributed by atoms with Gasteiger partial charge < -0.3 is 0 Å². The van der Waals surface area contributed by atoms with E-state index in [-0.39, 0.29) is 11.0 Å². The summed E-state index contributed by atoms with van der Waals surface area (Å²) in [6.45, 7) is 3.84. The number of aromatic nitrogens is 3. The van der Waals surface area contributed by atoms with Crippen LogP contribution in [-0.4, -0.2) is 31.6 Å². The zero-order valence-electron chi connectivity index (χ0n) is 13.8. The minimum absolute atomic E-state index is 0.194. The molecule has 0 atom stereocenters. The first-order chi connectivity index (χ1) is 12.1. The number of benzene rings is 2. The van der Waals surface area contributed by atoms with Crippen molar-refractivity contribution in [2.45, 2.75) is 19.0 Å². The van der Waals surface area contributed by atoms with E-state index in [1.54, 1.807) is 10.7 Å². The molecule has 8 heteroatoms. The van der Waals surface area contributed by atoms with E-state index in [0.717, 1.165) is 16.5 Å². The highest BCUT2D eigenvalue weighted by molar-refractivity contribution is 7.99. The first-order valence-corrected chi connectivity index (χ1v) is 9.14. The molecule has 25 heavy (non-hydrogen) atoms. The minimum atomic E-state index is -0.265. The molecule has 1 aromatic heterocycles. The summed E-state index contributed by atoms with van der Waals surface area (Å²) in [5.41, 5.74) is 3.50. The first-order valence-electron chi connectivity index (χ1n) is 7.74. The largest absolute Gasteiger partial charge is 0.298 e. The third-order valence-corrected chi connectivity index (χ3v) is 4.53. The fourth-order valence-electron chi connectivity index (χ4n) is 2.33.